The number of hydrogen-bond acceptors (Lipinski definition) is 3. The lowest BCUT2D eigenvalue weighted by atomic mass is 10.1. The van der Waals surface area contributed by atoms with Gasteiger partial charge in [0.15, 0.2) is 11.5 Å². The molecule has 1 unspecified atom stereocenters. The van der Waals surface area contributed by atoms with Crippen molar-refractivity contribution in [2.45, 2.75) is 13.0 Å². The average molecular weight is 336 g/mol. The highest BCUT2D eigenvalue weighted by Crippen LogP contribution is 2.35. The molecular formula is C16H18BrNO2. The van der Waals surface area contributed by atoms with Gasteiger partial charge in [0.25, 0.3) is 0 Å². The van der Waals surface area contributed by atoms with Crippen LogP contribution in [0.1, 0.15) is 18.5 Å². The largest absolute Gasteiger partial charge is 0.493 e. The van der Waals surface area contributed by atoms with Gasteiger partial charge in [0.2, 0.25) is 0 Å². The summed E-state index contributed by atoms with van der Waals surface area (Å²) in [6, 6.07) is 13.8. The highest BCUT2D eigenvalue weighted by Gasteiger charge is 2.13. The molecule has 0 bridgehead atoms. The highest BCUT2D eigenvalue weighted by atomic mass is 79.9. The molecule has 2 rings (SSSR count). The molecule has 0 amide bonds. The third-order valence-electron chi connectivity index (χ3n) is 3.16. The quantitative estimate of drug-likeness (QED) is 0.870. The van der Waals surface area contributed by atoms with Crippen LogP contribution in [0.3, 0.4) is 0 Å². The molecule has 0 aliphatic rings. The van der Waals surface area contributed by atoms with Gasteiger partial charge >= 0.3 is 0 Å². The van der Waals surface area contributed by atoms with Crippen molar-refractivity contribution in [1.29, 1.82) is 0 Å². The molecule has 20 heavy (non-hydrogen) atoms. The van der Waals surface area contributed by atoms with Crippen molar-refractivity contribution >= 4 is 15.9 Å². The fourth-order valence-corrected chi connectivity index (χ4v) is 2.31. The van der Waals surface area contributed by atoms with Gasteiger partial charge in [0.05, 0.1) is 7.11 Å². The molecule has 1 N–H and O–H groups in total. The van der Waals surface area contributed by atoms with Gasteiger partial charge in [0, 0.05) is 16.1 Å². The van der Waals surface area contributed by atoms with Crippen molar-refractivity contribution < 1.29 is 9.47 Å². The first-order valence-electron chi connectivity index (χ1n) is 6.43. The maximum atomic E-state index is 6.02. The van der Waals surface area contributed by atoms with Crippen LogP contribution in [0.25, 0.3) is 0 Å². The normalized spacial score (nSPS) is 12.0. The van der Waals surface area contributed by atoms with E-state index in [-0.39, 0.29) is 6.04 Å². The average Bonchev–Trinajstić information content (AvgIpc) is 2.48. The van der Waals surface area contributed by atoms with Crippen molar-refractivity contribution in [3.05, 3.63) is 52.5 Å². The first-order chi connectivity index (χ1) is 9.65. The lowest BCUT2D eigenvalue weighted by molar-refractivity contribution is 0.376. The summed E-state index contributed by atoms with van der Waals surface area (Å²) in [5, 5.41) is 3.23. The van der Waals surface area contributed by atoms with Crippen molar-refractivity contribution in [2.75, 3.05) is 14.2 Å². The number of ether oxygens (including phenoxy) is 2. The molecule has 2 aromatic carbocycles. The highest BCUT2D eigenvalue weighted by molar-refractivity contribution is 9.10. The Bertz CT molecular complexity index is 586. The van der Waals surface area contributed by atoms with E-state index >= 15 is 0 Å². The minimum Gasteiger partial charge on any atom is -0.493 e. The van der Waals surface area contributed by atoms with Gasteiger partial charge in [-0.15, -0.1) is 0 Å². The van der Waals surface area contributed by atoms with Crippen LogP contribution in [-0.4, -0.2) is 14.2 Å². The van der Waals surface area contributed by atoms with E-state index in [1.807, 2.05) is 43.4 Å². The maximum Gasteiger partial charge on any atom is 0.169 e. The number of para-hydroxylation sites is 2. The molecule has 0 saturated carbocycles. The maximum absolute atomic E-state index is 6.02. The summed E-state index contributed by atoms with van der Waals surface area (Å²) in [6.07, 6.45) is 0. The second-order valence-electron chi connectivity index (χ2n) is 4.45. The molecule has 0 fully saturated rings. The van der Waals surface area contributed by atoms with E-state index in [4.69, 9.17) is 9.47 Å². The topological polar surface area (TPSA) is 30.5 Å². The van der Waals surface area contributed by atoms with Crippen LogP contribution in [0.2, 0.25) is 0 Å². The number of methoxy groups -OCH3 is 1. The Morgan fingerprint density at radius 1 is 1.05 bits per heavy atom. The molecule has 0 spiro atoms. The molecule has 2 aromatic rings. The standard InChI is InChI=1S/C16H18BrNO2/c1-11(18-2)13-10-12(17)8-9-14(13)20-16-7-5-4-6-15(16)19-3/h4-11,18H,1-3H3. The minimum absolute atomic E-state index is 0.192. The van der Waals surface area contributed by atoms with Crippen LogP contribution < -0.4 is 14.8 Å². The van der Waals surface area contributed by atoms with E-state index in [1.54, 1.807) is 7.11 Å². The zero-order valence-corrected chi connectivity index (χ0v) is 13.4. The molecular weight excluding hydrogens is 318 g/mol. The summed E-state index contributed by atoms with van der Waals surface area (Å²) < 4.78 is 12.4. The first-order valence-corrected chi connectivity index (χ1v) is 7.22. The fraction of sp³-hybridized carbons (Fsp3) is 0.250. The predicted octanol–water partition coefficient (Wildman–Crippen LogP) is 4.53. The van der Waals surface area contributed by atoms with E-state index in [0.29, 0.717) is 5.75 Å². The fourth-order valence-electron chi connectivity index (χ4n) is 1.93. The summed E-state index contributed by atoms with van der Waals surface area (Å²) in [7, 11) is 3.57. The van der Waals surface area contributed by atoms with Crippen molar-refractivity contribution in [2.24, 2.45) is 0 Å². The summed E-state index contributed by atoms with van der Waals surface area (Å²) in [5.41, 5.74) is 1.09. The molecule has 3 nitrogen and oxygen atoms in total. The van der Waals surface area contributed by atoms with Crippen LogP contribution in [-0.2, 0) is 0 Å². The lowest BCUT2D eigenvalue weighted by Crippen LogP contribution is -2.13. The van der Waals surface area contributed by atoms with Gasteiger partial charge in [-0.1, -0.05) is 28.1 Å². The molecule has 0 aliphatic carbocycles. The number of nitrogens with one attached hydrogen (secondary N) is 1. The van der Waals surface area contributed by atoms with Gasteiger partial charge in [-0.3, -0.25) is 0 Å². The van der Waals surface area contributed by atoms with Gasteiger partial charge in [-0.25, -0.2) is 0 Å². The molecule has 1 atom stereocenters. The first kappa shape index (κ1) is 14.9. The summed E-state index contributed by atoms with van der Waals surface area (Å²) >= 11 is 3.50. The van der Waals surface area contributed by atoms with Crippen LogP contribution >= 0.6 is 15.9 Å². The van der Waals surface area contributed by atoms with Crippen LogP contribution in [0.4, 0.5) is 0 Å². The van der Waals surface area contributed by atoms with Crippen molar-refractivity contribution in [3.63, 3.8) is 0 Å². The summed E-state index contributed by atoms with van der Waals surface area (Å²) in [5.74, 6) is 2.25. The van der Waals surface area contributed by atoms with Gasteiger partial charge in [-0.05, 0) is 44.3 Å². The van der Waals surface area contributed by atoms with Crippen LogP contribution in [0.5, 0.6) is 17.2 Å². The molecule has 0 radical (unpaired) electrons. The second-order valence-corrected chi connectivity index (χ2v) is 5.36. The number of benzene rings is 2. The zero-order chi connectivity index (χ0) is 14.5. The molecule has 4 heteroatoms. The number of hydrogen-bond donors (Lipinski definition) is 1. The Morgan fingerprint density at radius 2 is 1.75 bits per heavy atom. The number of rotatable bonds is 5. The summed E-state index contributed by atoms with van der Waals surface area (Å²) in [4.78, 5) is 0. The number of halogens is 1. The van der Waals surface area contributed by atoms with Crippen molar-refractivity contribution in [1.82, 2.24) is 5.32 Å². The molecule has 0 saturated heterocycles. The van der Waals surface area contributed by atoms with Crippen LogP contribution in [0, 0.1) is 0 Å². The Balaban J connectivity index is 2.38. The van der Waals surface area contributed by atoms with E-state index < -0.39 is 0 Å². The predicted molar refractivity (Wildman–Crippen MR) is 84.7 cm³/mol. The lowest BCUT2D eigenvalue weighted by Gasteiger charge is -2.17. The van der Waals surface area contributed by atoms with Crippen molar-refractivity contribution in [3.8, 4) is 17.2 Å². The SMILES string of the molecule is CNC(C)c1cc(Br)ccc1Oc1ccccc1OC. The zero-order valence-electron chi connectivity index (χ0n) is 11.8. The molecule has 0 heterocycles. The van der Waals surface area contributed by atoms with Gasteiger partial charge in [0.1, 0.15) is 5.75 Å². The second kappa shape index (κ2) is 6.77. The van der Waals surface area contributed by atoms with Crippen LogP contribution in [0.15, 0.2) is 46.9 Å². The van der Waals surface area contributed by atoms with E-state index in [1.165, 1.54) is 0 Å². The summed E-state index contributed by atoms with van der Waals surface area (Å²) in [6.45, 7) is 2.09. The minimum atomic E-state index is 0.192. The van der Waals surface area contributed by atoms with E-state index in [9.17, 15) is 0 Å². The Kier molecular flexibility index (Phi) is 5.04. The van der Waals surface area contributed by atoms with Gasteiger partial charge < -0.3 is 14.8 Å². The van der Waals surface area contributed by atoms with E-state index in [2.05, 4.69) is 34.2 Å². The van der Waals surface area contributed by atoms with Gasteiger partial charge in [-0.2, -0.15) is 0 Å². The Labute approximate surface area is 128 Å². The Morgan fingerprint density at radius 3 is 2.40 bits per heavy atom. The Hall–Kier alpha value is -1.52. The molecule has 0 aliphatic heterocycles. The smallest absolute Gasteiger partial charge is 0.169 e. The third kappa shape index (κ3) is 3.32. The van der Waals surface area contributed by atoms with E-state index in [0.717, 1.165) is 21.5 Å². The molecule has 106 valence electrons. The monoisotopic (exact) mass is 335 g/mol. The third-order valence-corrected chi connectivity index (χ3v) is 3.65. The molecule has 0 aromatic heterocycles.